The molecule has 0 amide bonds. The maximum Gasteiger partial charge on any atom is 0.312 e. The van der Waals surface area contributed by atoms with E-state index >= 15 is 0 Å². The molecule has 0 aliphatic carbocycles. The van der Waals surface area contributed by atoms with E-state index in [1.807, 2.05) is 0 Å². The Balaban J connectivity index is 2.11. The van der Waals surface area contributed by atoms with Crippen LogP contribution in [0.5, 0.6) is 0 Å². The molecule has 1 N–H and O–H groups in total. The summed E-state index contributed by atoms with van der Waals surface area (Å²) in [6.45, 7) is 3.00. The van der Waals surface area contributed by atoms with Gasteiger partial charge in [-0.25, -0.2) is 4.39 Å². The molecule has 0 saturated carbocycles. The number of Topliss-reactive ketones (excluding diaryl/α,β-unsaturated/α-hetero) is 1. The van der Waals surface area contributed by atoms with Crippen molar-refractivity contribution in [1.29, 1.82) is 0 Å². The SMILES string of the molecule is CC1C(c2ccc(F)cc2)=[N+]([O-])C(C)(C(=O)c2ccccc2)N1O. The lowest BCUT2D eigenvalue weighted by Crippen LogP contribution is -2.54. The van der Waals surface area contributed by atoms with E-state index in [4.69, 9.17) is 0 Å². The van der Waals surface area contributed by atoms with E-state index in [1.54, 1.807) is 37.3 Å². The summed E-state index contributed by atoms with van der Waals surface area (Å²) >= 11 is 0. The summed E-state index contributed by atoms with van der Waals surface area (Å²) in [5, 5.41) is 24.2. The van der Waals surface area contributed by atoms with Gasteiger partial charge in [0.25, 0.3) is 5.78 Å². The lowest BCUT2D eigenvalue weighted by molar-refractivity contribution is -0.561. The summed E-state index contributed by atoms with van der Waals surface area (Å²) in [5.41, 5.74) is -0.788. The van der Waals surface area contributed by atoms with Crippen molar-refractivity contribution < 1.29 is 19.1 Å². The highest BCUT2D eigenvalue weighted by atomic mass is 19.1. The Morgan fingerprint density at radius 3 is 2.38 bits per heavy atom. The quantitative estimate of drug-likeness (QED) is 0.534. The molecule has 5 nitrogen and oxygen atoms in total. The van der Waals surface area contributed by atoms with Gasteiger partial charge in [0, 0.05) is 18.1 Å². The van der Waals surface area contributed by atoms with Crippen molar-refractivity contribution in [2.75, 3.05) is 0 Å². The maximum atomic E-state index is 13.1. The molecule has 2 atom stereocenters. The standard InChI is InChI=1S/C18H17FN2O3/c1-12-16(13-8-10-15(19)11-9-13)21(24)18(2,20(12)23)17(22)14-6-4-3-5-7-14/h3-12,23H,1-2H3. The van der Waals surface area contributed by atoms with Gasteiger partial charge in [0.15, 0.2) is 0 Å². The molecule has 0 radical (unpaired) electrons. The van der Waals surface area contributed by atoms with Crippen LogP contribution in [0.15, 0.2) is 54.6 Å². The number of hydrogen-bond donors (Lipinski definition) is 1. The molecule has 1 heterocycles. The molecule has 0 spiro atoms. The Kier molecular flexibility index (Phi) is 3.95. The molecule has 0 aromatic heterocycles. The zero-order chi connectivity index (χ0) is 17.5. The number of rotatable bonds is 3. The van der Waals surface area contributed by atoms with E-state index in [0.717, 1.165) is 5.06 Å². The van der Waals surface area contributed by atoms with Crippen molar-refractivity contribution in [3.63, 3.8) is 0 Å². The van der Waals surface area contributed by atoms with Gasteiger partial charge in [0.2, 0.25) is 5.71 Å². The molecule has 0 saturated heterocycles. The van der Waals surface area contributed by atoms with E-state index < -0.39 is 23.3 Å². The third-order valence-corrected chi connectivity index (χ3v) is 4.43. The molecule has 3 rings (SSSR count). The fraction of sp³-hybridized carbons (Fsp3) is 0.222. The molecule has 6 heteroatoms. The molecular weight excluding hydrogens is 311 g/mol. The number of nitrogens with zero attached hydrogens (tertiary/aromatic N) is 2. The van der Waals surface area contributed by atoms with Crippen molar-refractivity contribution in [3.05, 3.63) is 76.7 Å². The van der Waals surface area contributed by atoms with E-state index in [2.05, 4.69) is 0 Å². The zero-order valence-corrected chi connectivity index (χ0v) is 13.3. The van der Waals surface area contributed by atoms with Gasteiger partial charge in [-0.2, -0.15) is 4.74 Å². The van der Waals surface area contributed by atoms with Gasteiger partial charge >= 0.3 is 5.66 Å². The molecule has 1 aliphatic heterocycles. The predicted octanol–water partition coefficient (Wildman–Crippen LogP) is 2.82. The van der Waals surface area contributed by atoms with Gasteiger partial charge in [-0.3, -0.25) is 4.79 Å². The van der Waals surface area contributed by atoms with Crippen LogP contribution in [0.4, 0.5) is 4.39 Å². The minimum absolute atomic E-state index is 0.212. The van der Waals surface area contributed by atoms with Crippen molar-refractivity contribution in [3.8, 4) is 0 Å². The number of carbonyl (C=O) groups is 1. The molecular formula is C18H17FN2O3. The van der Waals surface area contributed by atoms with Gasteiger partial charge < -0.3 is 10.4 Å². The second kappa shape index (κ2) is 5.81. The number of hydrogen-bond acceptors (Lipinski definition) is 4. The van der Waals surface area contributed by atoms with Crippen LogP contribution >= 0.6 is 0 Å². The fourth-order valence-electron chi connectivity index (χ4n) is 3.03. The number of hydroxylamine groups is 3. The van der Waals surface area contributed by atoms with E-state index in [0.29, 0.717) is 15.9 Å². The lowest BCUT2D eigenvalue weighted by Gasteiger charge is -2.27. The van der Waals surface area contributed by atoms with Crippen molar-refractivity contribution in [2.24, 2.45) is 0 Å². The smallest absolute Gasteiger partial charge is 0.312 e. The molecule has 1 aliphatic rings. The second-order valence-corrected chi connectivity index (χ2v) is 5.92. The van der Waals surface area contributed by atoms with Crippen molar-refractivity contribution in [1.82, 2.24) is 5.06 Å². The first-order valence-corrected chi connectivity index (χ1v) is 7.55. The van der Waals surface area contributed by atoms with Gasteiger partial charge in [0.05, 0.1) is 0 Å². The average Bonchev–Trinajstić information content (AvgIpc) is 2.78. The summed E-state index contributed by atoms with van der Waals surface area (Å²) in [6, 6.07) is 13.0. The van der Waals surface area contributed by atoms with Crippen LogP contribution in [0.1, 0.15) is 29.8 Å². The predicted molar refractivity (Wildman–Crippen MR) is 86.4 cm³/mol. The summed E-state index contributed by atoms with van der Waals surface area (Å²) in [5.74, 6) is -0.934. The normalized spacial score (nSPS) is 24.4. The number of ketones is 1. The highest BCUT2D eigenvalue weighted by Gasteiger charge is 2.58. The monoisotopic (exact) mass is 328 g/mol. The molecule has 124 valence electrons. The van der Waals surface area contributed by atoms with Gasteiger partial charge in [-0.15, -0.1) is 5.06 Å². The summed E-state index contributed by atoms with van der Waals surface area (Å²) in [6.07, 6.45) is 0. The van der Waals surface area contributed by atoms with Crippen LogP contribution in [0.2, 0.25) is 0 Å². The Labute approximate surface area is 138 Å². The highest BCUT2D eigenvalue weighted by molar-refractivity contribution is 6.07. The minimum atomic E-state index is -1.79. The first kappa shape index (κ1) is 16.3. The maximum absolute atomic E-state index is 13.1. The highest BCUT2D eigenvalue weighted by Crippen LogP contribution is 2.31. The van der Waals surface area contributed by atoms with Crippen LogP contribution in [0, 0.1) is 11.0 Å². The third kappa shape index (κ3) is 2.31. The Bertz CT molecular complexity index is 805. The molecule has 0 fully saturated rings. The third-order valence-electron chi connectivity index (χ3n) is 4.43. The van der Waals surface area contributed by atoms with Crippen LogP contribution in [0.25, 0.3) is 0 Å². The van der Waals surface area contributed by atoms with Crippen molar-refractivity contribution >= 4 is 11.5 Å². The van der Waals surface area contributed by atoms with E-state index in [1.165, 1.54) is 31.2 Å². The van der Waals surface area contributed by atoms with Crippen molar-refractivity contribution in [2.45, 2.75) is 25.6 Å². The summed E-state index contributed by atoms with van der Waals surface area (Å²) in [7, 11) is 0. The summed E-state index contributed by atoms with van der Waals surface area (Å²) < 4.78 is 13.6. The lowest BCUT2D eigenvalue weighted by atomic mass is 10.00. The van der Waals surface area contributed by atoms with Gasteiger partial charge in [0.1, 0.15) is 11.9 Å². The van der Waals surface area contributed by atoms with E-state index in [-0.39, 0.29) is 5.71 Å². The zero-order valence-electron chi connectivity index (χ0n) is 13.3. The topological polar surface area (TPSA) is 66.6 Å². The largest absolute Gasteiger partial charge is 0.622 e. The number of halogens is 1. The van der Waals surface area contributed by atoms with Crippen LogP contribution in [-0.2, 0) is 0 Å². The molecule has 2 unspecified atom stereocenters. The average molecular weight is 328 g/mol. The molecule has 24 heavy (non-hydrogen) atoms. The number of carbonyl (C=O) groups excluding carboxylic acids is 1. The van der Waals surface area contributed by atoms with Crippen LogP contribution in [-0.4, -0.2) is 38.2 Å². The fourth-order valence-corrected chi connectivity index (χ4v) is 3.03. The minimum Gasteiger partial charge on any atom is -0.622 e. The van der Waals surface area contributed by atoms with Gasteiger partial charge in [-0.05, 0) is 31.2 Å². The van der Waals surface area contributed by atoms with Gasteiger partial charge in [-0.1, -0.05) is 30.3 Å². The van der Waals surface area contributed by atoms with E-state index in [9.17, 15) is 19.6 Å². The molecule has 0 bridgehead atoms. The Hall–Kier alpha value is -2.57. The Morgan fingerprint density at radius 1 is 1.21 bits per heavy atom. The first-order chi connectivity index (χ1) is 11.4. The van der Waals surface area contributed by atoms with Crippen LogP contribution in [0.3, 0.4) is 0 Å². The number of benzene rings is 2. The second-order valence-electron chi connectivity index (χ2n) is 5.92. The first-order valence-electron chi connectivity index (χ1n) is 7.55. The Morgan fingerprint density at radius 2 is 1.79 bits per heavy atom. The molecule has 2 aromatic carbocycles. The molecule has 2 aromatic rings. The van der Waals surface area contributed by atoms with Crippen LogP contribution < -0.4 is 0 Å². The summed E-state index contributed by atoms with van der Waals surface area (Å²) in [4.78, 5) is 12.8.